The van der Waals surface area contributed by atoms with E-state index in [0.29, 0.717) is 6.54 Å². The number of ether oxygens (including phenoxy) is 1. The Bertz CT molecular complexity index is 943. The van der Waals surface area contributed by atoms with E-state index in [-0.39, 0.29) is 6.61 Å². The summed E-state index contributed by atoms with van der Waals surface area (Å²) in [5, 5.41) is 11.3. The number of β-amino-alcohol motifs (C(OH)–C–C–N with tert-alkyl or cyclic N) is 1. The highest BCUT2D eigenvalue weighted by Crippen LogP contribution is 2.29. The zero-order valence-corrected chi connectivity index (χ0v) is 17.7. The Morgan fingerprint density at radius 1 is 0.867 bits per heavy atom. The van der Waals surface area contributed by atoms with Crippen LogP contribution in [-0.4, -0.2) is 55.4 Å². The molecule has 1 fully saturated rings. The van der Waals surface area contributed by atoms with Crippen molar-refractivity contribution in [3.8, 4) is 16.9 Å². The quantitative estimate of drug-likeness (QED) is 0.605. The van der Waals surface area contributed by atoms with Gasteiger partial charge in [-0.1, -0.05) is 66.2 Å². The standard InChI is InChI=1S/C25H27ClN2O2/c26-21-9-6-10-22(17-21)28-15-13-27(14-16-28)18-23(29)19-30-25-12-5-4-11-24(25)20-7-2-1-3-8-20/h1-12,17,23,29H,13-16,18-19H2/t23-/m1/s1. The van der Waals surface area contributed by atoms with Crippen molar-refractivity contribution in [2.75, 3.05) is 44.2 Å². The van der Waals surface area contributed by atoms with Crippen molar-refractivity contribution in [2.24, 2.45) is 0 Å². The molecule has 0 spiro atoms. The molecular weight excluding hydrogens is 396 g/mol. The number of hydrogen-bond donors (Lipinski definition) is 1. The topological polar surface area (TPSA) is 35.9 Å². The zero-order valence-electron chi connectivity index (χ0n) is 17.0. The van der Waals surface area contributed by atoms with Crippen LogP contribution >= 0.6 is 11.6 Å². The highest BCUT2D eigenvalue weighted by Gasteiger charge is 2.20. The molecule has 0 aliphatic carbocycles. The van der Waals surface area contributed by atoms with Gasteiger partial charge in [-0.3, -0.25) is 4.90 Å². The molecule has 156 valence electrons. The second kappa shape index (κ2) is 9.98. The molecule has 0 saturated carbocycles. The number of halogens is 1. The summed E-state index contributed by atoms with van der Waals surface area (Å²) in [6, 6.07) is 26.1. The van der Waals surface area contributed by atoms with E-state index in [1.807, 2.05) is 60.7 Å². The highest BCUT2D eigenvalue weighted by atomic mass is 35.5. The minimum Gasteiger partial charge on any atom is -0.490 e. The molecule has 3 aromatic carbocycles. The summed E-state index contributed by atoms with van der Waals surface area (Å²) in [5.41, 5.74) is 3.31. The molecular formula is C25H27ClN2O2. The fourth-order valence-electron chi connectivity index (χ4n) is 3.85. The maximum atomic E-state index is 10.5. The van der Waals surface area contributed by atoms with Gasteiger partial charge in [0, 0.05) is 49.0 Å². The number of para-hydroxylation sites is 1. The van der Waals surface area contributed by atoms with Gasteiger partial charge in [0.15, 0.2) is 0 Å². The molecule has 4 rings (SSSR count). The lowest BCUT2D eigenvalue weighted by Gasteiger charge is -2.37. The third-order valence-electron chi connectivity index (χ3n) is 5.42. The average Bonchev–Trinajstić information content (AvgIpc) is 2.79. The van der Waals surface area contributed by atoms with Crippen LogP contribution < -0.4 is 9.64 Å². The van der Waals surface area contributed by atoms with E-state index in [4.69, 9.17) is 16.3 Å². The largest absolute Gasteiger partial charge is 0.490 e. The molecule has 0 bridgehead atoms. The fraction of sp³-hybridized carbons (Fsp3) is 0.280. The molecule has 0 amide bonds. The van der Waals surface area contributed by atoms with Gasteiger partial charge in [-0.25, -0.2) is 0 Å². The van der Waals surface area contributed by atoms with Crippen LogP contribution in [0.5, 0.6) is 5.75 Å². The van der Waals surface area contributed by atoms with Crippen molar-refractivity contribution >= 4 is 17.3 Å². The van der Waals surface area contributed by atoms with E-state index in [9.17, 15) is 5.11 Å². The van der Waals surface area contributed by atoms with Gasteiger partial charge in [0.2, 0.25) is 0 Å². The van der Waals surface area contributed by atoms with Crippen molar-refractivity contribution in [3.63, 3.8) is 0 Å². The molecule has 0 aromatic heterocycles. The van der Waals surface area contributed by atoms with Gasteiger partial charge >= 0.3 is 0 Å². The summed E-state index contributed by atoms with van der Waals surface area (Å²) >= 11 is 6.11. The smallest absolute Gasteiger partial charge is 0.127 e. The van der Waals surface area contributed by atoms with Gasteiger partial charge in [-0.15, -0.1) is 0 Å². The van der Waals surface area contributed by atoms with E-state index in [1.165, 1.54) is 0 Å². The van der Waals surface area contributed by atoms with Crippen LogP contribution in [0, 0.1) is 0 Å². The van der Waals surface area contributed by atoms with Crippen LogP contribution in [0.3, 0.4) is 0 Å². The third kappa shape index (κ3) is 5.33. The second-order valence-electron chi connectivity index (χ2n) is 7.59. The van der Waals surface area contributed by atoms with Crippen molar-refractivity contribution in [3.05, 3.63) is 83.9 Å². The SMILES string of the molecule is O[C@@H](COc1ccccc1-c1ccccc1)CN1CCN(c2cccc(Cl)c2)CC1. The number of anilines is 1. The van der Waals surface area contributed by atoms with Gasteiger partial charge in [0.1, 0.15) is 18.5 Å². The van der Waals surface area contributed by atoms with Gasteiger partial charge in [0.25, 0.3) is 0 Å². The van der Waals surface area contributed by atoms with Crippen LogP contribution in [0.4, 0.5) is 5.69 Å². The number of aliphatic hydroxyl groups is 1. The highest BCUT2D eigenvalue weighted by molar-refractivity contribution is 6.30. The maximum absolute atomic E-state index is 10.5. The number of benzene rings is 3. The molecule has 0 radical (unpaired) electrons. The molecule has 1 N–H and O–H groups in total. The summed E-state index contributed by atoms with van der Waals surface area (Å²) in [4.78, 5) is 4.62. The first-order chi connectivity index (χ1) is 14.7. The number of hydrogen-bond acceptors (Lipinski definition) is 4. The first-order valence-electron chi connectivity index (χ1n) is 10.4. The van der Waals surface area contributed by atoms with Crippen molar-refractivity contribution in [2.45, 2.75) is 6.10 Å². The van der Waals surface area contributed by atoms with E-state index in [1.54, 1.807) is 0 Å². The molecule has 30 heavy (non-hydrogen) atoms. The minimum atomic E-state index is -0.536. The summed E-state index contributed by atoms with van der Waals surface area (Å²) in [6.07, 6.45) is -0.536. The number of nitrogens with zero attached hydrogens (tertiary/aromatic N) is 2. The van der Waals surface area contributed by atoms with E-state index in [2.05, 4.69) is 28.0 Å². The van der Waals surface area contributed by atoms with Crippen molar-refractivity contribution < 1.29 is 9.84 Å². The normalized spacial score (nSPS) is 15.7. The van der Waals surface area contributed by atoms with Gasteiger partial charge in [0.05, 0.1) is 0 Å². The van der Waals surface area contributed by atoms with Crippen molar-refractivity contribution in [1.29, 1.82) is 0 Å². The van der Waals surface area contributed by atoms with E-state index < -0.39 is 6.10 Å². The lowest BCUT2D eigenvalue weighted by atomic mass is 10.1. The molecule has 4 nitrogen and oxygen atoms in total. The second-order valence-corrected chi connectivity index (χ2v) is 8.03. The molecule has 0 unspecified atom stereocenters. The Balaban J connectivity index is 1.28. The van der Waals surface area contributed by atoms with Crippen molar-refractivity contribution in [1.82, 2.24) is 4.90 Å². The lowest BCUT2D eigenvalue weighted by Crippen LogP contribution is -2.49. The third-order valence-corrected chi connectivity index (χ3v) is 5.65. The average molecular weight is 423 g/mol. The van der Waals surface area contributed by atoms with E-state index in [0.717, 1.165) is 53.8 Å². The number of rotatable bonds is 7. The van der Waals surface area contributed by atoms with Crippen LogP contribution in [0.2, 0.25) is 5.02 Å². The zero-order chi connectivity index (χ0) is 20.8. The summed E-state index contributed by atoms with van der Waals surface area (Å²) in [7, 11) is 0. The minimum absolute atomic E-state index is 0.276. The lowest BCUT2D eigenvalue weighted by molar-refractivity contribution is 0.0665. The van der Waals surface area contributed by atoms with Gasteiger partial charge in [-0.05, 0) is 29.8 Å². The van der Waals surface area contributed by atoms with Crippen LogP contribution in [-0.2, 0) is 0 Å². The molecule has 1 heterocycles. The predicted octanol–water partition coefficient (Wildman–Crippen LogP) is 4.57. The molecule has 1 saturated heterocycles. The molecule has 1 aliphatic rings. The summed E-state index contributed by atoms with van der Waals surface area (Å²) < 4.78 is 6.00. The molecule has 5 heteroatoms. The maximum Gasteiger partial charge on any atom is 0.127 e. The first kappa shape index (κ1) is 20.7. The van der Waals surface area contributed by atoms with Crippen LogP contribution in [0.15, 0.2) is 78.9 Å². The van der Waals surface area contributed by atoms with Gasteiger partial charge < -0.3 is 14.7 Å². The number of piperazine rings is 1. The Morgan fingerprint density at radius 2 is 1.60 bits per heavy atom. The molecule has 1 aliphatic heterocycles. The Morgan fingerprint density at radius 3 is 2.37 bits per heavy atom. The fourth-order valence-corrected chi connectivity index (χ4v) is 4.03. The predicted molar refractivity (Wildman–Crippen MR) is 123 cm³/mol. The Hall–Kier alpha value is -2.53. The van der Waals surface area contributed by atoms with E-state index >= 15 is 0 Å². The number of aliphatic hydroxyl groups excluding tert-OH is 1. The van der Waals surface area contributed by atoms with Crippen LogP contribution in [0.25, 0.3) is 11.1 Å². The summed E-state index contributed by atoms with van der Waals surface area (Å²) in [5.74, 6) is 0.800. The van der Waals surface area contributed by atoms with Crippen LogP contribution in [0.1, 0.15) is 0 Å². The molecule has 3 aromatic rings. The van der Waals surface area contributed by atoms with Gasteiger partial charge in [-0.2, -0.15) is 0 Å². The molecule has 1 atom stereocenters. The Labute approximate surface area is 183 Å². The Kier molecular flexibility index (Phi) is 6.90. The monoisotopic (exact) mass is 422 g/mol. The first-order valence-corrected chi connectivity index (χ1v) is 10.7. The summed E-state index contributed by atoms with van der Waals surface area (Å²) in [6.45, 7) is 4.54.